The van der Waals surface area contributed by atoms with Crippen molar-refractivity contribution in [1.29, 1.82) is 0 Å². The molecule has 1 aliphatic heterocycles. The minimum Gasteiger partial charge on any atom is -0.342 e. The SMILES string of the molecule is CCN(CC)C(=O)CN1CCN(C(=O)Cc2ccccc2C)CC1. The molecule has 132 valence electrons. The number of amides is 2. The molecule has 1 saturated heterocycles. The van der Waals surface area contributed by atoms with Crippen molar-refractivity contribution in [2.24, 2.45) is 0 Å². The predicted octanol–water partition coefficient (Wildman–Crippen LogP) is 1.55. The van der Waals surface area contributed by atoms with E-state index in [9.17, 15) is 9.59 Å². The van der Waals surface area contributed by atoms with Crippen LogP contribution in [0, 0.1) is 6.92 Å². The van der Waals surface area contributed by atoms with Gasteiger partial charge in [0.15, 0.2) is 0 Å². The molecule has 2 amide bonds. The summed E-state index contributed by atoms with van der Waals surface area (Å²) in [5, 5.41) is 0. The highest BCUT2D eigenvalue weighted by Gasteiger charge is 2.23. The first-order chi connectivity index (χ1) is 11.5. The molecule has 0 aliphatic carbocycles. The zero-order valence-electron chi connectivity index (χ0n) is 15.1. The minimum atomic E-state index is 0.180. The summed E-state index contributed by atoms with van der Waals surface area (Å²) in [5.41, 5.74) is 2.26. The Bertz CT molecular complexity index is 561. The second kappa shape index (κ2) is 8.83. The first kappa shape index (κ1) is 18.5. The lowest BCUT2D eigenvalue weighted by Crippen LogP contribution is -2.51. The normalized spacial score (nSPS) is 15.4. The van der Waals surface area contributed by atoms with Gasteiger partial charge in [0.05, 0.1) is 13.0 Å². The van der Waals surface area contributed by atoms with Gasteiger partial charge in [0.25, 0.3) is 0 Å². The van der Waals surface area contributed by atoms with Crippen LogP contribution in [0.15, 0.2) is 24.3 Å². The topological polar surface area (TPSA) is 43.9 Å². The molecule has 0 N–H and O–H groups in total. The van der Waals surface area contributed by atoms with Crippen molar-refractivity contribution >= 4 is 11.8 Å². The molecule has 2 rings (SSSR count). The molecule has 1 aromatic rings. The fourth-order valence-electron chi connectivity index (χ4n) is 3.11. The largest absolute Gasteiger partial charge is 0.342 e. The van der Waals surface area contributed by atoms with E-state index in [2.05, 4.69) is 4.90 Å². The second-order valence-corrected chi connectivity index (χ2v) is 6.33. The highest BCUT2D eigenvalue weighted by Crippen LogP contribution is 2.11. The van der Waals surface area contributed by atoms with E-state index in [0.29, 0.717) is 26.1 Å². The number of hydrogen-bond donors (Lipinski definition) is 0. The summed E-state index contributed by atoms with van der Waals surface area (Å²) in [6, 6.07) is 8.03. The number of carbonyl (C=O) groups is 2. The third-order valence-corrected chi connectivity index (χ3v) is 4.80. The van der Waals surface area contributed by atoms with Crippen molar-refractivity contribution in [3.05, 3.63) is 35.4 Å². The maximum atomic E-state index is 12.5. The Kier molecular flexibility index (Phi) is 6.79. The zero-order chi connectivity index (χ0) is 17.5. The molecule has 0 aromatic heterocycles. The molecule has 24 heavy (non-hydrogen) atoms. The van der Waals surface area contributed by atoms with Crippen molar-refractivity contribution in [1.82, 2.24) is 14.7 Å². The average molecular weight is 331 g/mol. The van der Waals surface area contributed by atoms with Gasteiger partial charge in [-0.3, -0.25) is 14.5 Å². The van der Waals surface area contributed by atoms with Gasteiger partial charge in [-0.05, 0) is 31.9 Å². The fraction of sp³-hybridized carbons (Fsp3) is 0.579. The molecule has 1 aliphatic rings. The van der Waals surface area contributed by atoms with E-state index < -0.39 is 0 Å². The van der Waals surface area contributed by atoms with Gasteiger partial charge in [-0.15, -0.1) is 0 Å². The molecular formula is C19H29N3O2. The van der Waals surface area contributed by atoms with E-state index in [-0.39, 0.29) is 11.8 Å². The van der Waals surface area contributed by atoms with Crippen LogP contribution in [0.4, 0.5) is 0 Å². The first-order valence-corrected chi connectivity index (χ1v) is 8.87. The van der Waals surface area contributed by atoms with Crippen molar-refractivity contribution in [3.63, 3.8) is 0 Å². The minimum absolute atomic E-state index is 0.180. The van der Waals surface area contributed by atoms with Crippen LogP contribution >= 0.6 is 0 Å². The standard InChI is InChI=1S/C19H29N3O2/c1-4-21(5-2)19(24)15-20-10-12-22(13-11-20)18(23)14-17-9-7-6-8-16(17)3/h6-9H,4-5,10-15H2,1-3H3. The molecule has 0 bridgehead atoms. The van der Waals surface area contributed by atoms with Crippen LogP contribution in [-0.4, -0.2) is 72.3 Å². The molecule has 5 nitrogen and oxygen atoms in total. The molecule has 1 aromatic carbocycles. The molecule has 1 heterocycles. The molecule has 0 saturated carbocycles. The maximum Gasteiger partial charge on any atom is 0.236 e. The zero-order valence-corrected chi connectivity index (χ0v) is 15.1. The number of benzene rings is 1. The van der Waals surface area contributed by atoms with Gasteiger partial charge in [0.1, 0.15) is 0 Å². The second-order valence-electron chi connectivity index (χ2n) is 6.33. The van der Waals surface area contributed by atoms with Crippen LogP contribution in [0.3, 0.4) is 0 Å². The summed E-state index contributed by atoms with van der Waals surface area (Å²) >= 11 is 0. The van der Waals surface area contributed by atoms with Crippen molar-refractivity contribution < 1.29 is 9.59 Å². The highest BCUT2D eigenvalue weighted by molar-refractivity contribution is 5.80. The van der Waals surface area contributed by atoms with Crippen molar-refractivity contribution in [3.8, 4) is 0 Å². The Morgan fingerprint density at radius 3 is 2.25 bits per heavy atom. The summed E-state index contributed by atoms with van der Waals surface area (Å²) in [4.78, 5) is 30.6. The summed E-state index contributed by atoms with van der Waals surface area (Å²) in [6.45, 7) is 11.0. The summed E-state index contributed by atoms with van der Waals surface area (Å²) in [7, 11) is 0. The van der Waals surface area contributed by atoms with Gasteiger partial charge in [-0.1, -0.05) is 24.3 Å². The average Bonchev–Trinajstić information content (AvgIpc) is 2.58. The third kappa shape index (κ3) is 4.81. The number of rotatable bonds is 6. The van der Waals surface area contributed by atoms with Gasteiger partial charge in [-0.2, -0.15) is 0 Å². The smallest absolute Gasteiger partial charge is 0.236 e. The quantitative estimate of drug-likeness (QED) is 0.794. The van der Waals surface area contributed by atoms with E-state index in [4.69, 9.17) is 0 Å². The Hall–Kier alpha value is -1.88. The Morgan fingerprint density at radius 1 is 1.04 bits per heavy atom. The number of aryl methyl sites for hydroxylation is 1. The molecule has 0 spiro atoms. The summed E-state index contributed by atoms with van der Waals surface area (Å²) < 4.78 is 0. The Labute approximate surface area is 145 Å². The van der Waals surface area contributed by atoms with Crippen LogP contribution in [0.2, 0.25) is 0 Å². The number of nitrogens with zero attached hydrogens (tertiary/aromatic N) is 3. The van der Waals surface area contributed by atoms with Crippen LogP contribution in [0.1, 0.15) is 25.0 Å². The maximum absolute atomic E-state index is 12.5. The molecular weight excluding hydrogens is 302 g/mol. The summed E-state index contributed by atoms with van der Waals surface area (Å²) in [6.07, 6.45) is 0.463. The highest BCUT2D eigenvalue weighted by atomic mass is 16.2. The van der Waals surface area contributed by atoms with E-state index >= 15 is 0 Å². The monoisotopic (exact) mass is 331 g/mol. The summed E-state index contributed by atoms with van der Waals surface area (Å²) in [5.74, 6) is 0.360. The van der Waals surface area contributed by atoms with E-state index in [1.165, 1.54) is 0 Å². The van der Waals surface area contributed by atoms with E-state index in [0.717, 1.165) is 37.3 Å². The van der Waals surface area contributed by atoms with Gasteiger partial charge in [-0.25, -0.2) is 0 Å². The van der Waals surface area contributed by atoms with Crippen LogP contribution in [0.25, 0.3) is 0 Å². The van der Waals surface area contributed by atoms with Crippen LogP contribution in [0.5, 0.6) is 0 Å². The van der Waals surface area contributed by atoms with Gasteiger partial charge >= 0.3 is 0 Å². The third-order valence-electron chi connectivity index (χ3n) is 4.80. The first-order valence-electron chi connectivity index (χ1n) is 8.87. The number of likely N-dealkylation sites (N-methyl/N-ethyl adjacent to an activating group) is 1. The number of carbonyl (C=O) groups excluding carboxylic acids is 2. The van der Waals surface area contributed by atoms with Crippen LogP contribution < -0.4 is 0 Å². The molecule has 0 atom stereocenters. The number of hydrogen-bond acceptors (Lipinski definition) is 3. The number of piperazine rings is 1. The fourth-order valence-corrected chi connectivity index (χ4v) is 3.11. The lowest BCUT2D eigenvalue weighted by molar-refractivity contribution is -0.134. The molecule has 0 radical (unpaired) electrons. The van der Waals surface area contributed by atoms with Gasteiger partial charge in [0, 0.05) is 39.3 Å². The van der Waals surface area contributed by atoms with Crippen molar-refractivity contribution in [2.45, 2.75) is 27.2 Å². The Morgan fingerprint density at radius 2 is 1.67 bits per heavy atom. The molecule has 1 fully saturated rings. The van der Waals surface area contributed by atoms with Crippen molar-refractivity contribution in [2.75, 3.05) is 45.8 Å². The van der Waals surface area contributed by atoms with Gasteiger partial charge in [0.2, 0.25) is 11.8 Å². The van der Waals surface area contributed by atoms with Crippen LogP contribution in [-0.2, 0) is 16.0 Å². The van der Waals surface area contributed by atoms with E-state index in [1.807, 2.05) is 54.8 Å². The lowest BCUT2D eigenvalue weighted by Gasteiger charge is -2.35. The van der Waals surface area contributed by atoms with Gasteiger partial charge < -0.3 is 9.80 Å². The van der Waals surface area contributed by atoms with E-state index in [1.54, 1.807) is 0 Å². The molecule has 5 heteroatoms. The lowest BCUT2D eigenvalue weighted by atomic mass is 10.1. The molecule has 0 unspecified atom stereocenters. The predicted molar refractivity (Wildman–Crippen MR) is 95.8 cm³/mol. The Balaban J connectivity index is 1.81.